The van der Waals surface area contributed by atoms with Gasteiger partial charge in [0, 0.05) is 38.5 Å². The zero-order valence-corrected chi connectivity index (χ0v) is 24.8. The maximum Gasteiger partial charge on any atom is 0.116 e. The summed E-state index contributed by atoms with van der Waals surface area (Å²) in [5.41, 5.74) is 9.94. The van der Waals surface area contributed by atoms with Crippen LogP contribution in [0.1, 0.15) is 59.2 Å². The van der Waals surface area contributed by atoms with E-state index in [2.05, 4.69) is 104 Å². The molecule has 4 nitrogen and oxygen atoms in total. The third-order valence-electron chi connectivity index (χ3n) is 7.90. The van der Waals surface area contributed by atoms with Gasteiger partial charge in [-0.25, -0.2) is 0 Å². The molecule has 0 aliphatic heterocycles. The van der Waals surface area contributed by atoms with Crippen molar-refractivity contribution in [3.8, 4) is 11.4 Å². The fraction of sp³-hybridized carbons (Fsp3) is 0.286. The smallest absolute Gasteiger partial charge is 0.116 e. The molecule has 0 radical (unpaired) electrons. The molecule has 3 aromatic heterocycles. The predicted octanol–water partition coefficient (Wildman–Crippen LogP) is 9.15. The van der Waals surface area contributed by atoms with Gasteiger partial charge in [-0.05, 0) is 93.1 Å². The summed E-state index contributed by atoms with van der Waals surface area (Å²) in [7, 11) is 0. The lowest BCUT2D eigenvalue weighted by Crippen LogP contribution is -2.23. The maximum absolute atomic E-state index is 4.73. The van der Waals surface area contributed by atoms with Gasteiger partial charge in [-0.2, -0.15) is 5.10 Å². The number of thiophene rings is 1. The van der Waals surface area contributed by atoms with Crippen LogP contribution in [0.25, 0.3) is 33.4 Å². The number of aryl methyl sites for hydroxylation is 2. The first kappa shape index (κ1) is 27.9. The topological polar surface area (TPSA) is 56.5 Å². The van der Waals surface area contributed by atoms with Gasteiger partial charge in [-0.15, -0.1) is 11.3 Å². The van der Waals surface area contributed by atoms with Crippen LogP contribution in [0, 0.1) is 19.8 Å². The van der Waals surface area contributed by atoms with E-state index in [-0.39, 0.29) is 0 Å². The largest absolute Gasteiger partial charge is 0.357 e. The van der Waals surface area contributed by atoms with E-state index in [1.807, 2.05) is 12.2 Å². The van der Waals surface area contributed by atoms with Crippen LogP contribution in [-0.2, 0) is 0 Å². The van der Waals surface area contributed by atoms with Crippen molar-refractivity contribution in [1.82, 2.24) is 20.5 Å². The third-order valence-corrected chi connectivity index (χ3v) is 8.93. The molecule has 0 amide bonds. The van der Waals surface area contributed by atoms with Crippen molar-refractivity contribution in [2.75, 3.05) is 13.1 Å². The molecule has 0 atom stereocenters. The number of nitrogens with zero attached hydrogens (tertiary/aromatic N) is 1. The van der Waals surface area contributed by atoms with Gasteiger partial charge in [0.05, 0.1) is 11.2 Å². The molecule has 1 fully saturated rings. The van der Waals surface area contributed by atoms with E-state index in [0.717, 1.165) is 52.6 Å². The highest BCUT2D eigenvalue weighted by Crippen LogP contribution is 2.36. The number of aromatic nitrogens is 3. The monoisotopic (exact) mass is 548 g/mol. The average molecular weight is 549 g/mol. The zero-order chi connectivity index (χ0) is 28.1. The maximum atomic E-state index is 4.73. The molecule has 0 saturated heterocycles. The lowest BCUT2D eigenvalue weighted by molar-refractivity contribution is 0.503. The van der Waals surface area contributed by atoms with Gasteiger partial charge >= 0.3 is 0 Å². The lowest BCUT2D eigenvalue weighted by Gasteiger charge is -2.12. The molecule has 5 heteroatoms. The van der Waals surface area contributed by atoms with Crippen molar-refractivity contribution in [2.45, 2.75) is 46.5 Å². The number of H-pyrrole nitrogens is 2. The molecule has 40 heavy (non-hydrogen) atoms. The van der Waals surface area contributed by atoms with Crippen molar-refractivity contribution in [2.24, 2.45) is 5.92 Å². The molecule has 3 N–H and O–H groups in total. The Balaban J connectivity index is 1.43. The Labute approximate surface area is 242 Å². The highest BCUT2D eigenvalue weighted by Gasteiger charge is 2.18. The highest BCUT2D eigenvalue weighted by molar-refractivity contribution is 7.13. The minimum atomic E-state index is 0.823. The van der Waals surface area contributed by atoms with Crippen molar-refractivity contribution in [1.29, 1.82) is 0 Å². The average Bonchev–Trinajstić information content (AvgIpc) is 3.77. The summed E-state index contributed by atoms with van der Waals surface area (Å²) < 4.78 is 0. The molecule has 1 saturated carbocycles. The Morgan fingerprint density at radius 2 is 1.95 bits per heavy atom. The van der Waals surface area contributed by atoms with E-state index >= 15 is 0 Å². The van der Waals surface area contributed by atoms with Gasteiger partial charge in [0.15, 0.2) is 0 Å². The normalized spacial score (nSPS) is 15.3. The zero-order valence-electron chi connectivity index (χ0n) is 23.9. The minimum Gasteiger partial charge on any atom is -0.357 e. The Morgan fingerprint density at radius 3 is 2.65 bits per heavy atom. The number of hydrogen-bond acceptors (Lipinski definition) is 3. The second kappa shape index (κ2) is 12.7. The van der Waals surface area contributed by atoms with Gasteiger partial charge in [0.1, 0.15) is 5.69 Å². The number of hydrogen-bond donors (Lipinski definition) is 3. The van der Waals surface area contributed by atoms with Crippen LogP contribution in [0.2, 0.25) is 0 Å². The second-order valence-corrected chi connectivity index (χ2v) is 12.0. The van der Waals surface area contributed by atoms with Crippen LogP contribution in [-0.4, -0.2) is 28.3 Å². The standard InChI is InChI=1S/C35H40N4S/c1-6-11-29(34-17-14-23(4)40-34)30-20-33(37-24(30)5)35-31-19-28(15-16-32(31)38-39-35)27(8-3)18-25(7-2)21-36-22-26-12-9-10-13-26/h6-8,11,14-20,26,36-37H,1-2,9-10,12-13,21-22H2,3-5H3,(H,38,39)/b25-18+,27-8+,29-11+. The van der Waals surface area contributed by atoms with E-state index in [4.69, 9.17) is 5.10 Å². The molecular formula is C35H40N4S. The molecule has 0 spiro atoms. The third kappa shape index (κ3) is 6.06. The number of fused-ring (bicyclic) bond motifs is 1. The molecular weight excluding hydrogens is 508 g/mol. The minimum absolute atomic E-state index is 0.823. The first-order chi connectivity index (χ1) is 19.5. The fourth-order valence-electron chi connectivity index (χ4n) is 5.72. The van der Waals surface area contributed by atoms with Crippen molar-refractivity contribution in [3.05, 3.63) is 112 Å². The summed E-state index contributed by atoms with van der Waals surface area (Å²) >= 11 is 1.80. The summed E-state index contributed by atoms with van der Waals surface area (Å²) in [6.45, 7) is 16.3. The first-order valence-electron chi connectivity index (χ1n) is 14.3. The molecule has 1 aliphatic rings. The van der Waals surface area contributed by atoms with Gasteiger partial charge in [0.2, 0.25) is 0 Å². The quantitative estimate of drug-likeness (QED) is 0.164. The van der Waals surface area contributed by atoms with Crippen molar-refractivity contribution < 1.29 is 0 Å². The lowest BCUT2D eigenvalue weighted by atomic mass is 9.99. The summed E-state index contributed by atoms with van der Waals surface area (Å²) in [5.74, 6) is 0.823. The first-order valence-corrected chi connectivity index (χ1v) is 15.1. The number of nitrogens with one attached hydrogen (secondary N) is 3. The second-order valence-electron chi connectivity index (χ2n) is 10.7. The molecule has 4 aromatic rings. The number of benzene rings is 1. The van der Waals surface area contributed by atoms with Crippen LogP contribution >= 0.6 is 11.3 Å². The van der Waals surface area contributed by atoms with Crippen LogP contribution in [0.3, 0.4) is 0 Å². The summed E-state index contributed by atoms with van der Waals surface area (Å²) in [5, 5.41) is 12.7. The molecule has 5 rings (SSSR count). The van der Waals surface area contributed by atoms with E-state index < -0.39 is 0 Å². The highest BCUT2D eigenvalue weighted by atomic mass is 32.1. The predicted molar refractivity (Wildman–Crippen MR) is 174 cm³/mol. The molecule has 1 aromatic carbocycles. The molecule has 1 aliphatic carbocycles. The van der Waals surface area contributed by atoms with Crippen LogP contribution in [0.4, 0.5) is 0 Å². The summed E-state index contributed by atoms with van der Waals surface area (Å²) in [4.78, 5) is 6.13. The summed E-state index contributed by atoms with van der Waals surface area (Å²) in [6, 6.07) is 13.1. The van der Waals surface area contributed by atoms with Gasteiger partial charge < -0.3 is 10.3 Å². The van der Waals surface area contributed by atoms with Crippen LogP contribution < -0.4 is 5.32 Å². The number of allylic oxidation sites excluding steroid dienone is 5. The summed E-state index contributed by atoms with van der Waals surface area (Å²) in [6.07, 6.45) is 15.8. The van der Waals surface area contributed by atoms with E-state index in [1.54, 1.807) is 11.3 Å². The van der Waals surface area contributed by atoms with Crippen LogP contribution in [0.15, 0.2) is 85.5 Å². The van der Waals surface area contributed by atoms with Crippen LogP contribution in [0.5, 0.6) is 0 Å². The molecule has 0 bridgehead atoms. The van der Waals surface area contributed by atoms with Crippen molar-refractivity contribution >= 4 is 33.4 Å². The van der Waals surface area contributed by atoms with Crippen molar-refractivity contribution in [3.63, 3.8) is 0 Å². The van der Waals surface area contributed by atoms with Gasteiger partial charge in [-0.1, -0.05) is 62.4 Å². The molecule has 206 valence electrons. The Hall–Kier alpha value is -3.67. The molecule has 0 unspecified atom stereocenters. The molecule has 3 heterocycles. The number of rotatable bonds is 11. The SMILES string of the molecule is C=C/C=C(/c1ccc(C)s1)c1cc(-c2n[nH]c3ccc(C(/C=C(\C=C)CNCC4CCCC4)=C/C)cc23)[nH]c1C. The van der Waals surface area contributed by atoms with Gasteiger partial charge in [0.25, 0.3) is 0 Å². The Bertz CT molecular complexity index is 1600. The number of aromatic amines is 2. The van der Waals surface area contributed by atoms with E-state index in [0.29, 0.717) is 0 Å². The Morgan fingerprint density at radius 1 is 1.12 bits per heavy atom. The van der Waals surface area contributed by atoms with E-state index in [9.17, 15) is 0 Å². The van der Waals surface area contributed by atoms with E-state index in [1.165, 1.54) is 57.7 Å². The van der Waals surface area contributed by atoms with Gasteiger partial charge in [-0.3, -0.25) is 5.10 Å². The Kier molecular flexibility index (Phi) is 8.83. The fourth-order valence-corrected chi connectivity index (χ4v) is 6.62.